The van der Waals surface area contributed by atoms with E-state index >= 15 is 0 Å². The van der Waals surface area contributed by atoms with E-state index in [0.29, 0.717) is 18.7 Å². The molecule has 4 N–H and O–H groups in total. The van der Waals surface area contributed by atoms with E-state index in [2.05, 4.69) is 10.2 Å². The smallest absolute Gasteiger partial charge is 0.478 e. The second-order valence-corrected chi connectivity index (χ2v) is 16.5. The fraction of sp³-hybridized carbons (Fsp3) is 0.605. The number of rotatable bonds is 9. The number of hydrogen-bond donors (Lipinski definition) is 3. The third-order valence-corrected chi connectivity index (χ3v) is 9.40. The van der Waals surface area contributed by atoms with Crippen LogP contribution >= 0.6 is 0 Å². The lowest BCUT2D eigenvalue weighted by Crippen LogP contribution is -2.41. The highest BCUT2D eigenvalue weighted by molar-refractivity contribution is 6.62. The molecule has 0 bridgehead atoms. The number of amides is 2. The van der Waals surface area contributed by atoms with Gasteiger partial charge in [-0.15, -0.1) is 0 Å². The number of carbonyl (C=O) groups is 3. The van der Waals surface area contributed by atoms with Gasteiger partial charge in [0.1, 0.15) is 5.60 Å². The minimum absolute atomic E-state index is 0.206. The Balaban J connectivity index is 0.000000342. The van der Waals surface area contributed by atoms with Crippen molar-refractivity contribution in [2.45, 2.75) is 104 Å². The third-order valence-electron chi connectivity index (χ3n) is 9.40. The molecule has 4 rings (SSSR count). The average molecular weight is 741 g/mol. The zero-order valence-corrected chi connectivity index (χ0v) is 34.3. The molecule has 53 heavy (non-hydrogen) atoms. The van der Waals surface area contributed by atoms with Crippen LogP contribution in [0.2, 0.25) is 0 Å². The molecule has 0 radical (unpaired) electrons. The lowest BCUT2D eigenvalue weighted by atomic mass is 9.79. The first-order valence-electron chi connectivity index (χ1n) is 17.9. The first kappa shape index (κ1) is 45.7. The Bertz CT molecular complexity index is 1480. The van der Waals surface area contributed by atoms with Crippen LogP contribution in [0.25, 0.3) is 0 Å². The van der Waals surface area contributed by atoms with Crippen molar-refractivity contribution in [1.82, 2.24) is 15.1 Å². The van der Waals surface area contributed by atoms with Gasteiger partial charge in [-0.05, 0) is 125 Å². The maximum absolute atomic E-state index is 12.4. The minimum Gasteiger partial charge on any atom is -0.478 e. The molecule has 0 aliphatic carbocycles. The number of nitrogens with zero attached hydrogens (tertiary/aromatic N) is 2. The maximum atomic E-state index is 12.4. The first-order chi connectivity index (χ1) is 24.2. The van der Waals surface area contributed by atoms with Crippen molar-refractivity contribution in [3.05, 3.63) is 59.7 Å². The van der Waals surface area contributed by atoms with Crippen LogP contribution in [-0.4, -0.2) is 122 Å². The van der Waals surface area contributed by atoms with Gasteiger partial charge < -0.3 is 49.3 Å². The minimum atomic E-state index is -0.935. The SMILES string of the molecule is CC1(C)OB(c2ccc(C(=O)O)cc2)OC1(C)C.CN(C)CCN.CN(CCNC(=O)c1ccc(B2OC(C)(C)C(C)(C)O2)cc1)C(=O)OC(C)(C)C. The second-order valence-electron chi connectivity index (χ2n) is 16.5. The number of ether oxygens (including phenoxy) is 1. The van der Waals surface area contributed by atoms with Gasteiger partial charge in [-0.25, -0.2) is 9.59 Å². The average Bonchev–Trinajstić information content (AvgIpc) is 3.40. The van der Waals surface area contributed by atoms with Crippen LogP contribution in [0.4, 0.5) is 4.79 Å². The molecular formula is C38H62B2N4O9. The van der Waals surface area contributed by atoms with Gasteiger partial charge in [0.25, 0.3) is 5.91 Å². The molecule has 0 spiro atoms. The van der Waals surface area contributed by atoms with Crippen LogP contribution in [0.3, 0.4) is 0 Å². The van der Waals surface area contributed by atoms with Crippen molar-refractivity contribution in [2.75, 3.05) is 47.3 Å². The second kappa shape index (κ2) is 18.2. The van der Waals surface area contributed by atoms with Gasteiger partial charge >= 0.3 is 26.3 Å². The Morgan fingerprint density at radius 1 is 0.717 bits per heavy atom. The predicted octanol–water partition coefficient (Wildman–Crippen LogP) is 3.77. The molecule has 0 saturated carbocycles. The highest BCUT2D eigenvalue weighted by Crippen LogP contribution is 2.37. The third kappa shape index (κ3) is 13.4. The van der Waals surface area contributed by atoms with Gasteiger partial charge in [0.2, 0.25) is 0 Å². The van der Waals surface area contributed by atoms with E-state index in [0.717, 1.165) is 24.0 Å². The molecule has 2 amide bonds. The normalized spacial score (nSPS) is 18.0. The van der Waals surface area contributed by atoms with E-state index in [1.54, 1.807) is 43.4 Å². The molecule has 2 saturated heterocycles. The molecule has 0 aromatic heterocycles. The molecular weight excluding hydrogens is 678 g/mol. The highest BCUT2D eigenvalue weighted by atomic mass is 16.7. The molecule has 13 nitrogen and oxygen atoms in total. The van der Waals surface area contributed by atoms with Gasteiger partial charge in [0.15, 0.2) is 0 Å². The molecule has 0 unspecified atom stereocenters. The monoisotopic (exact) mass is 740 g/mol. The first-order valence-corrected chi connectivity index (χ1v) is 17.9. The number of carbonyl (C=O) groups excluding carboxylic acids is 2. The van der Waals surface area contributed by atoms with E-state index < -0.39 is 43.1 Å². The van der Waals surface area contributed by atoms with Crippen LogP contribution < -0.4 is 22.0 Å². The van der Waals surface area contributed by atoms with Crippen molar-refractivity contribution in [1.29, 1.82) is 0 Å². The molecule has 294 valence electrons. The summed E-state index contributed by atoms with van der Waals surface area (Å²) < 4.78 is 29.1. The molecule has 15 heteroatoms. The summed E-state index contributed by atoms with van der Waals surface area (Å²) in [6, 6.07) is 13.7. The number of nitrogens with one attached hydrogen (secondary N) is 1. The zero-order chi connectivity index (χ0) is 40.6. The quantitative estimate of drug-likeness (QED) is 0.321. The van der Waals surface area contributed by atoms with Crippen LogP contribution in [0, 0.1) is 0 Å². The Hall–Kier alpha value is -3.46. The van der Waals surface area contributed by atoms with Gasteiger partial charge in [-0.2, -0.15) is 0 Å². The van der Waals surface area contributed by atoms with Crippen LogP contribution in [-0.2, 0) is 23.4 Å². The van der Waals surface area contributed by atoms with Crippen molar-refractivity contribution in [2.24, 2.45) is 5.73 Å². The summed E-state index contributed by atoms with van der Waals surface area (Å²) in [4.78, 5) is 38.6. The number of nitrogens with two attached hydrogens (primary N) is 1. The zero-order valence-electron chi connectivity index (χ0n) is 34.3. The lowest BCUT2D eigenvalue weighted by Gasteiger charge is -2.32. The van der Waals surface area contributed by atoms with Crippen molar-refractivity contribution in [3.8, 4) is 0 Å². The number of likely N-dealkylation sites (N-methyl/N-ethyl adjacent to an activating group) is 2. The molecule has 2 heterocycles. The number of aromatic carboxylic acids is 1. The van der Waals surface area contributed by atoms with Crippen LogP contribution in [0.5, 0.6) is 0 Å². The highest BCUT2D eigenvalue weighted by Gasteiger charge is 2.52. The van der Waals surface area contributed by atoms with Gasteiger partial charge in [-0.1, -0.05) is 24.3 Å². The Kier molecular flexibility index (Phi) is 15.7. The number of carboxylic acid groups (broad SMARTS) is 1. The van der Waals surface area contributed by atoms with E-state index in [1.807, 2.05) is 102 Å². The Morgan fingerprint density at radius 3 is 1.40 bits per heavy atom. The fourth-order valence-electron chi connectivity index (χ4n) is 4.66. The van der Waals surface area contributed by atoms with Crippen LogP contribution in [0.1, 0.15) is 96.9 Å². The van der Waals surface area contributed by atoms with Crippen molar-refractivity contribution < 1.29 is 42.8 Å². The summed E-state index contributed by atoms with van der Waals surface area (Å²) in [7, 11) is 4.75. The van der Waals surface area contributed by atoms with E-state index in [-0.39, 0.29) is 22.7 Å². The summed E-state index contributed by atoms with van der Waals surface area (Å²) in [5.41, 5.74) is 5.54. The summed E-state index contributed by atoms with van der Waals surface area (Å²) in [5, 5.41) is 11.7. The van der Waals surface area contributed by atoms with Gasteiger partial charge in [0.05, 0.1) is 28.0 Å². The number of carboxylic acids is 1. The predicted molar refractivity (Wildman–Crippen MR) is 210 cm³/mol. The van der Waals surface area contributed by atoms with E-state index in [4.69, 9.17) is 34.2 Å². The van der Waals surface area contributed by atoms with E-state index in [9.17, 15) is 14.4 Å². The molecule has 2 fully saturated rings. The Morgan fingerprint density at radius 2 is 1.09 bits per heavy atom. The fourth-order valence-corrected chi connectivity index (χ4v) is 4.66. The molecule has 2 aliphatic heterocycles. The molecule has 2 aromatic rings. The summed E-state index contributed by atoms with van der Waals surface area (Å²) in [6.45, 7) is 23.8. The molecule has 0 atom stereocenters. The van der Waals surface area contributed by atoms with Crippen LogP contribution in [0.15, 0.2) is 48.5 Å². The van der Waals surface area contributed by atoms with Crippen molar-refractivity contribution >= 4 is 43.1 Å². The molecule has 2 aromatic carbocycles. The summed E-state index contributed by atoms with van der Waals surface area (Å²) in [5.74, 6) is -1.14. The van der Waals surface area contributed by atoms with Gasteiger partial charge in [0, 0.05) is 38.8 Å². The largest absolute Gasteiger partial charge is 0.494 e. The number of benzene rings is 2. The topological polar surface area (TPSA) is 162 Å². The van der Waals surface area contributed by atoms with Gasteiger partial charge in [-0.3, -0.25) is 4.79 Å². The van der Waals surface area contributed by atoms with E-state index in [1.165, 1.54) is 4.90 Å². The van der Waals surface area contributed by atoms with Crippen molar-refractivity contribution in [3.63, 3.8) is 0 Å². The summed E-state index contributed by atoms with van der Waals surface area (Å²) in [6.07, 6.45) is -0.418. The Labute approximate surface area is 317 Å². The summed E-state index contributed by atoms with van der Waals surface area (Å²) >= 11 is 0. The number of hydrogen-bond acceptors (Lipinski definition) is 10. The lowest BCUT2D eigenvalue weighted by molar-refractivity contribution is 0.00578. The molecule has 2 aliphatic rings. The maximum Gasteiger partial charge on any atom is 0.494 e. The standard InChI is InChI=1S/C21H33BN2O5.C13H17BO4.C4H12N2/c1-19(2,3)27-18(26)24(8)14-13-23-17(25)15-9-11-16(12-10-15)22-28-20(4,5)21(6,7)29-22;1-12(2)13(3,4)18-14(17-12)10-7-5-9(6-8-10)11(15)16;1-6(2)4-3-5/h9-12H,13-14H2,1-8H3,(H,23,25);5-8H,1-4H3,(H,15,16);3-5H2,1-2H3.